The molecule has 0 saturated heterocycles. The van der Waals surface area contributed by atoms with E-state index in [2.05, 4.69) is 21.8 Å². The maximum Gasteiger partial charge on any atom is 0.264 e. The highest BCUT2D eigenvalue weighted by Gasteiger charge is 2.25. The zero-order chi connectivity index (χ0) is 14.4. The lowest BCUT2D eigenvalue weighted by Gasteiger charge is -2.30. The second-order valence-electron chi connectivity index (χ2n) is 5.50. The molecule has 1 saturated carbocycles. The number of carbonyl (C=O) groups is 1. The van der Waals surface area contributed by atoms with Crippen LogP contribution in [0.3, 0.4) is 0 Å². The summed E-state index contributed by atoms with van der Waals surface area (Å²) in [6.07, 6.45) is 6.30. The summed E-state index contributed by atoms with van der Waals surface area (Å²) in [7, 11) is 0. The number of nitrogens with one attached hydrogen (secondary N) is 1. The van der Waals surface area contributed by atoms with Gasteiger partial charge in [-0.15, -0.1) is 5.10 Å². The maximum atomic E-state index is 12.2. The maximum absolute atomic E-state index is 12.2. The summed E-state index contributed by atoms with van der Waals surface area (Å²) in [5.74, 6) is 0.665. The van der Waals surface area contributed by atoms with Crippen molar-refractivity contribution < 1.29 is 9.90 Å². The minimum Gasteiger partial charge on any atom is -0.396 e. The van der Waals surface area contributed by atoms with Crippen LogP contribution < -0.4 is 5.32 Å². The first-order valence-corrected chi connectivity index (χ1v) is 8.23. The van der Waals surface area contributed by atoms with E-state index in [1.165, 1.54) is 24.4 Å². The van der Waals surface area contributed by atoms with Crippen LogP contribution in [0.1, 0.15) is 54.4 Å². The van der Waals surface area contributed by atoms with E-state index in [1.54, 1.807) is 0 Å². The second-order valence-corrected chi connectivity index (χ2v) is 6.25. The normalized spacial score (nSPS) is 22.7. The Balaban J connectivity index is 1.89. The molecule has 1 fully saturated rings. The molecular formula is C14H23N3O2S. The van der Waals surface area contributed by atoms with Crippen molar-refractivity contribution in [3.05, 3.63) is 10.6 Å². The van der Waals surface area contributed by atoms with Crippen molar-refractivity contribution in [2.24, 2.45) is 11.8 Å². The van der Waals surface area contributed by atoms with Crippen molar-refractivity contribution >= 4 is 17.4 Å². The highest BCUT2D eigenvalue weighted by molar-refractivity contribution is 7.08. The molecule has 0 aromatic carbocycles. The Morgan fingerprint density at radius 2 is 2.15 bits per heavy atom. The SMILES string of the molecule is CCCc1nnsc1C(=O)NCC1CCCCC1CO. The van der Waals surface area contributed by atoms with Crippen LogP contribution >= 0.6 is 11.5 Å². The van der Waals surface area contributed by atoms with E-state index in [-0.39, 0.29) is 12.5 Å². The van der Waals surface area contributed by atoms with E-state index in [9.17, 15) is 9.90 Å². The first-order valence-electron chi connectivity index (χ1n) is 7.46. The molecule has 112 valence electrons. The zero-order valence-corrected chi connectivity index (χ0v) is 12.8. The van der Waals surface area contributed by atoms with Gasteiger partial charge in [0.25, 0.3) is 5.91 Å². The van der Waals surface area contributed by atoms with Crippen LogP contribution in [0.2, 0.25) is 0 Å². The van der Waals surface area contributed by atoms with Gasteiger partial charge in [-0.2, -0.15) is 0 Å². The molecular weight excluding hydrogens is 274 g/mol. The smallest absolute Gasteiger partial charge is 0.264 e. The van der Waals surface area contributed by atoms with Gasteiger partial charge in [0, 0.05) is 13.2 Å². The van der Waals surface area contributed by atoms with Gasteiger partial charge < -0.3 is 10.4 Å². The number of amides is 1. The predicted octanol–water partition coefficient (Wildman–Crippen LogP) is 2.02. The van der Waals surface area contributed by atoms with E-state index in [0.29, 0.717) is 23.3 Å². The molecule has 1 aliphatic carbocycles. The van der Waals surface area contributed by atoms with E-state index in [0.717, 1.165) is 31.4 Å². The summed E-state index contributed by atoms with van der Waals surface area (Å²) in [5.41, 5.74) is 0.803. The van der Waals surface area contributed by atoms with Crippen LogP contribution in [0.25, 0.3) is 0 Å². The summed E-state index contributed by atoms with van der Waals surface area (Å²) >= 11 is 1.17. The molecule has 5 nitrogen and oxygen atoms in total. The van der Waals surface area contributed by atoms with Gasteiger partial charge in [-0.05, 0) is 42.6 Å². The lowest BCUT2D eigenvalue weighted by molar-refractivity contribution is 0.0912. The lowest BCUT2D eigenvalue weighted by Crippen LogP contribution is -2.35. The minimum absolute atomic E-state index is 0.0642. The van der Waals surface area contributed by atoms with Crippen LogP contribution in [0.15, 0.2) is 0 Å². The predicted molar refractivity (Wildman–Crippen MR) is 78.8 cm³/mol. The molecule has 0 spiro atoms. The third-order valence-corrected chi connectivity index (χ3v) is 4.84. The van der Waals surface area contributed by atoms with Gasteiger partial charge in [0.1, 0.15) is 4.88 Å². The molecule has 0 bridgehead atoms. The average molecular weight is 297 g/mol. The molecule has 0 radical (unpaired) electrons. The Hall–Kier alpha value is -1.01. The third-order valence-electron chi connectivity index (χ3n) is 4.07. The van der Waals surface area contributed by atoms with Gasteiger partial charge in [-0.1, -0.05) is 30.7 Å². The highest BCUT2D eigenvalue weighted by Crippen LogP contribution is 2.29. The van der Waals surface area contributed by atoms with E-state index >= 15 is 0 Å². The number of aliphatic hydroxyl groups is 1. The molecule has 2 rings (SSSR count). The summed E-state index contributed by atoms with van der Waals surface area (Å²) in [5, 5.41) is 16.4. The Morgan fingerprint density at radius 1 is 1.40 bits per heavy atom. The number of aromatic nitrogens is 2. The molecule has 2 unspecified atom stereocenters. The Kier molecular flexibility index (Phi) is 5.91. The summed E-state index contributed by atoms with van der Waals surface area (Å²) in [6, 6.07) is 0. The fraction of sp³-hybridized carbons (Fsp3) is 0.786. The van der Waals surface area contributed by atoms with Gasteiger partial charge >= 0.3 is 0 Å². The largest absolute Gasteiger partial charge is 0.396 e. The quantitative estimate of drug-likeness (QED) is 0.842. The van der Waals surface area contributed by atoms with Crippen LogP contribution in [0.5, 0.6) is 0 Å². The van der Waals surface area contributed by atoms with Crippen LogP contribution in [-0.4, -0.2) is 33.8 Å². The molecule has 2 N–H and O–H groups in total. The molecule has 1 amide bonds. The standard InChI is InChI=1S/C14H23N3O2S/c1-2-5-12-13(20-17-16-12)14(19)15-8-10-6-3-4-7-11(10)9-18/h10-11,18H,2-9H2,1H3,(H,15,19). The number of aryl methyl sites for hydroxylation is 1. The Labute approximate surface area is 123 Å². The molecule has 1 aliphatic rings. The van der Waals surface area contributed by atoms with Gasteiger partial charge in [0.2, 0.25) is 0 Å². The van der Waals surface area contributed by atoms with E-state index in [1.807, 2.05) is 0 Å². The molecule has 1 aromatic heterocycles. The lowest BCUT2D eigenvalue weighted by atomic mass is 9.79. The average Bonchev–Trinajstić information content (AvgIpc) is 2.94. The monoisotopic (exact) mass is 297 g/mol. The first kappa shape index (κ1) is 15.4. The number of hydrogen-bond acceptors (Lipinski definition) is 5. The molecule has 2 atom stereocenters. The van der Waals surface area contributed by atoms with Gasteiger partial charge in [0.05, 0.1) is 5.69 Å². The summed E-state index contributed by atoms with van der Waals surface area (Å²) in [4.78, 5) is 12.8. The number of rotatable bonds is 6. The number of carbonyl (C=O) groups excluding carboxylic acids is 1. The van der Waals surface area contributed by atoms with Gasteiger partial charge in [-0.25, -0.2) is 0 Å². The Bertz CT molecular complexity index is 436. The van der Waals surface area contributed by atoms with Crippen molar-refractivity contribution in [1.29, 1.82) is 0 Å². The Morgan fingerprint density at radius 3 is 2.85 bits per heavy atom. The second kappa shape index (κ2) is 7.69. The highest BCUT2D eigenvalue weighted by atomic mass is 32.1. The topological polar surface area (TPSA) is 75.1 Å². The van der Waals surface area contributed by atoms with Crippen molar-refractivity contribution in [2.75, 3.05) is 13.2 Å². The molecule has 20 heavy (non-hydrogen) atoms. The van der Waals surface area contributed by atoms with Crippen molar-refractivity contribution in [3.63, 3.8) is 0 Å². The first-order chi connectivity index (χ1) is 9.76. The van der Waals surface area contributed by atoms with Crippen molar-refractivity contribution in [3.8, 4) is 0 Å². The van der Waals surface area contributed by atoms with Crippen LogP contribution in [0, 0.1) is 11.8 Å². The summed E-state index contributed by atoms with van der Waals surface area (Å²) < 4.78 is 3.88. The number of nitrogens with zero attached hydrogens (tertiary/aromatic N) is 2. The van der Waals surface area contributed by atoms with Crippen LogP contribution in [0.4, 0.5) is 0 Å². The van der Waals surface area contributed by atoms with Gasteiger partial charge in [-0.3, -0.25) is 4.79 Å². The summed E-state index contributed by atoms with van der Waals surface area (Å²) in [6.45, 7) is 2.94. The van der Waals surface area contributed by atoms with Crippen LogP contribution in [-0.2, 0) is 6.42 Å². The molecule has 6 heteroatoms. The zero-order valence-electron chi connectivity index (χ0n) is 12.0. The third kappa shape index (κ3) is 3.76. The van der Waals surface area contributed by atoms with E-state index in [4.69, 9.17) is 0 Å². The minimum atomic E-state index is -0.0642. The number of hydrogen-bond donors (Lipinski definition) is 2. The van der Waals surface area contributed by atoms with Crippen molar-refractivity contribution in [2.45, 2.75) is 45.4 Å². The number of aliphatic hydroxyl groups excluding tert-OH is 1. The van der Waals surface area contributed by atoms with E-state index < -0.39 is 0 Å². The van der Waals surface area contributed by atoms with Gasteiger partial charge in [0.15, 0.2) is 0 Å². The van der Waals surface area contributed by atoms with Crippen molar-refractivity contribution in [1.82, 2.24) is 14.9 Å². The fourth-order valence-corrected chi connectivity index (χ4v) is 3.50. The molecule has 1 aromatic rings. The molecule has 0 aliphatic heterocycles. The molecule has 1 heterocycles. The fourth-order valence-electron chi connectivity index (χ4n) is 2.88.